The minimum atomic E-state index is -0.476. The van der Waals surface area contributed by atoms with Crippen LogP contribution in [0.4, 0.5) is 0 Å². The summed E-state index contributed by atoms with van der Waals surface area (Å²) in [7, 11) is 0. The van der Waals surface area contributed by atoms with E-state index in [9.17, 15) is 4.79 Å². The first-order valence-electron chi connectivity index (χ1n) is 3.51. The van der Waals surface area contributed by atoms with Gasteiger partial charge in [-0.15, -0.1) is 0 Å². The second-order valence-corrected chi connectivity index (χ2v) is 2.57. The van der Waals surface area contributed by atoms with Crippen molar-refractivity contribution in [2.75, 3.05) is 0 Å². The van der Waals surface area contributed by atoms with Crippen LogP contribution in [0.3, 0.4) is 0 Å². The largest absolute Gasteiger partial charge is 0.318 e. The fourth-order valence-corrected chi connectivity index (χ4v) is 0.867. The van der Waals surface area contributed by atoms with Gasteiger partial charge in [0.25, 0.3) is 0 Å². The molecule has 0 bridgehead atoms. The predicted molar refractivity (Wildman–Crippen MR) is 44.2 cm³/mol. The Hall–Kier alpha value is -1.15. The van der Waals surface area contributed by atoms with Crippen molar-refractivity contribution >= 4 is 6.29 Å². The van der Waals surface area contributed by atoms with Crippen LogP contribution in [0, 0.1) is 6.92 Å². The van der Waals surface area contributed by atoms with Gasteiger partial charge in [-0.05, 0) is 12.5 Å². The second kappa shape index (κ2) is 3.30. The van der Waals surface area contributed by atoms with E-state index in [4.69, 9.17) is 5.73 Å². The molecule has 1 rings (SSSR count). The second-order valence-electron chi connectivity index (χ2n) is 2.57. The number of carbonyl (C=O) groups excluding carboxylic acids is 1. The molecule has 1 aromatic carbocycles. The van der Waals surface area contributed by atoms with Crippen molar-refractivity contribution < 1.29 is 4.79 Å². The molecule has 0 aliphatic rings. The molecule has 0 aromatic heterocycles. The highest BCUT2D eigenvalue weighted by atomic mass is 16.1. The lowest BCUT2D eigenvalue weighted by Crippen LogP contribution is -2.10. The Morgan fingerprint density at radius 2 is 1.91 bits per heavy atom. The van der Waals surface area contributed by atoms with Gasteiger partial charge in [0.05, 0.1) is 6.04 Å². The summed E-state index contributed by atoms with van der Waals surface area (Å²) in [5, 5.41) is 0. The van der Waals surface area contributed by atoms with Gasteiger partial charge in [0.1, 0.15) is 6.29 Å². The molecule has 1 aromatic rings. The van der Waals surface area contributed by atoms with E-state index in [1.54, 1.807) is 0 Å². The van der Waals surface area contributed by atoms with E-state index >= 15 is 0 Å². The van der Waals surface area contributed by atoms with Gasteiger partial charge < -0.3 is 10.5 Å². The van der Waals surface area contributed by atoms with Crippen molar-refractivity contribution in [2.45, 2.75) is 13.0 Å². The van der Waals surface area contributed by atoms with Gasteiger partial charge in [-0.2, -0.15) is 0 Å². The van der Waals surface area contributed by atoms with Crippen molar-refractivity contribution in [1.82, 2.24) is 0 Å². The van der Waals surface area contributed by atoms with Crippen LogP contribution >= 0.6 is 0 Å². The normalized spacial score (nSPS) is 12.5. The van der Waals surface area contributed by atoms with Gasteiger partial charge in [-0.1, -0.05) is 29.8 Å². The van der Waals surface area contributed by atoms with Crippen LogP contribution < -0.4 is 5.73 Å². The summed E-state index contributed by atoms with van der Waals surface area (Å²) in [5.41, 5.74) is 7.52. The molecule has 1 atom stereocenters. The average Bonchev–Trinajstić information content (AvgIpc) is 2.05. The van der Waals surface area contributed by atoms with Crippen LogP contribution in [0.5, 0.6) is 0 Å². The maximum Gasteiger partial charge on any atom is 0.141 e. The van der Waals surface area contributed by atoms with E-state index in [1.807, 2.05) is 31.2 Å². The standard InChI is InChI=1S/C9H11NO/c1-7-2-4-8(5-3-7)9(10)6-11/h2-6,9H,10H2,1H3. The monoisotopic (exact) mass is 149 g/mol. The Morgan fingerprint density at radius 3 is 2.36 bits per heavy atom. The van der Waals surface area contributed by atoms with Crippen molar-refractivity contribution in [2.24, 2.45) is 5.73 Å². The lowest BCUT2D eigenvalue weighted by molar-refractivity contribution is -0.109. The van der Waals surface area contributed by atoms with Crippen LogP contribution in [0.2, 0.25) is 0 Å². The SMILES string of the molecule is Cc1ccc(C(N)C=O)cc1. The molecule has 0 saturated carbocycles. The quantitative estimate of drug-likeness (QED) is 0.642. The number of benzene rings is 1. The highest BCUT2D eigenvalue weighted by Crippen LogP contribution is 2.08. The van der Waals surface area contributed by atoms with Gasteiger partial charge >= 0.3 is 0 Å². The third-order valence-electron chi connectivity index (χ3n) is 1.61. The molecule has 0 aliphatic carbocycles. The van der Waals surface area contributed by atoms with E-state index in [0.29, 0.717) is 0 Å². The fourth-order valence-electron chi connectivity index (χ4n) is 0.867. The first kappa shape index (κ1) is 7.95. The molecule has 2 N–H and O–H groups in total. The van der Waals surface area contributed by atoms with Crippen molar-refractivity contribution in [3.63, 3.8) is 0 Å². The van der Waals surface area contributed by atoms with Gasteiger partial charge in [0, 0.05) is 0 Å². The van der Waals surface area contributed by atoms with Crippen molar-refractivity contribution in [3.05, 3.63) is 35.4 Å². The molecule has 2 nitrogen and oxygen atoms in total. The number of rotatable bonds is 2. The number of hydrogen-bond acceptors (Lipinski definition) is 2. The molecule has 0 aliphatic heterocycles. The van der Waals surface area contributed by atoms with Crippen LogP contribution in [0.25, 0.3) is 0 Å². The number of nitrogens with two attached hydrogens (primary N) is 1. The van der Waals surface area contributed by atoms with Crippen LogP contribution in [0.15, 0.2) is 24.3 Å². The highest BCUT2D eigenvalue weighted by Gasteiger charge is 2.01. The van der Waals surface area contributed by atoms with Crippen LogP contribution in [0.1, 0.15) is 17.2 Å². The lowest BCUT2D eigenvalue weighted by Gasteiger charge is -2.02. The Balaban J connectivity index is 2.89. The Bertz CT molecular complexity index is 240. The minimum absolute atomic E-state index is 0.476. The van der Waals surface area contributed by atoms with E-state index < -0.39 is 6.04 Å². The first-order chi connectivity index (χ1) is 5.24. The number of aldehydes is 1. The molecule has 0 amide bonds. The van der Waals surface area contributed by atoms with Crippen molar-refractivity contribution in [1.29, 1.82) is 0 Å². The zero-order chi connectivity index (χ0) is 8.27. The third-order valence-corrected chi connectivity index (χ3v) is 1.61. The summed E-state index contributed by atoms with van der Waals surface area (Å²) in [4.78, 5) is 10.3. The van der Waals surface area contributed by atoms with E-state index in [0.717, 1.165) is 11.8 Å². The number of carbonyl (C=O) groups is 1. The van der Waals surface area contributed by atoms with E-state index in [2.05, 4.69) is 0 Å². The molecule has 58 valence electrons. The number of hydrogen-bond donors (Lipinski definition) is 1. The first-order valence-corrected chi connectivity index (χ1v) is 3.51. The molecule has 0 saturated heterocycles. The molecule has 0 fully saturated rings. The van der Waals surface area contributed by atoms with Gasteiger partial charge in [0.2, 0.25) is 0 Å². The van der Waals surface area contributed by atoms with Crippen LogP contribution in [-0.4, -0.2) is 6.29 Å². The Labute approximate surface area is 66.0 Å². The van der Waals surface area contributed by atoms with Gasteiger partial charge in [-0.25, -0.2) is 0 Å². The van der Waals surface area contributed by atoms with Crippen LogP contribution in [-0.2, 0) is 4.79 Å². The lowest BCUT2D eigenvalue weighted by atomic mass is 10.1. The summed E-state index contributed by atoms with van der Waals surface area (Å²) in [6.45, 7) is 2.00. The summed E-state index contributed by atoms with van der Waals surface area (Å²) >= 11 is 0. The highest BCUT2D eigenvalue weighted by molar-refractivity contribution is 5.60. The van der Waals surface area contributed by atoms with E-state index in [-0.39, 0.29) is 0 Å². The molecular formula is C9H11NO. The van der Waals surface area contributed by atoms with E-state index in [1.165, 1.54) is 5.56 Å². The maximum absolute atomic E-state index is 10.3. The minimum Gasteiger partial charge on any atom is -0.318 e. The summed E-state index contributed by atoms with van der Waals surface area (Å²) in [6, 6.07) is 7.15. The molecule has 0 spiro atoms. The summed E-state index contributed by atoms with van der Waals surface area (Å²) in [5.74, 6) is 0. The molecule has 11 heavy (non-hydrogen) atoms. The summed E-state index contributed by atoms with van der Waals surface area (Å²) < 4.78 is 0. The smallest absolute Gasteiger partial charge is 0.141 e. The fraction of sp³-hybridized carbons (Fsp3) is 0.222. The predicted octanol–water partition coefficient (Wildman–Crippen LogP) is 1.19. The third kappa shape index (κ3) is 1.88. The topological polar surface area (TPSA) is 43.1 Å². The summed E-state index contributed by atoms with van der Waals surface area (Å²) in [6.07, 6.45) is 0.741. The molecular weight excluding hydrogens is 138 g/mol. The van der Waals surface area contributed by atoms with Gasteiger partial charge in [-0.3, -0.25) is 0 Å². The van der Waals surface area contributed by atoms with Crippen molar-refractivity contribution in [3.8, 4) is 0 Å². The number of aryl methyl sites for hydroxylation is 1. The molecule has 2 heteroatoms. The Kier molecular flexibility index (Phi) is 2.39. The maximum atomic E-state index is 10.3. The zero-order valence-corrected chi connectivity index (χ0v) is 6.45. The molecule has 0 radical (unpaired) electrons. The molecule has 1 unspecified atom stereocenters. The molecule has 0 heterocycles. The zero-order valence-electron chi connectivity index (χ0n) is 6.45. The van der Waals surface area contributed by atoms with Gasteiger partial charge in [0.15, 0.2) is 0 Å². The average molecular weight is 149 g/mol. The Morgan fingerprint density at radius 1 is 1.36 bits per heavy atom.